The van der Waals surface area contributed by atoms with Crippen molar-refractivity contribution in [3.8, 4) is 0 Å². The number of carbonyl (C=O) groups is 2. The Balaban J connectivity index is 1.75. The van der Waals surface area contributed by atoms with Crippen molar-refractivity contribution in [3.05, 3.63) is 29.8 Å². The summed E-state index contributed by atoms with van der Waals surface area (Å²) in [5.41, 5.74) is -1.10. The lowest BCUT2D eigenvalue weighted by atomic mass is 10.1. The molecule has 1 aromatic rings. The molecule has 1 saturated heterocycles. The first-order valence-corrected chi connectivity index (χ1v) is 9.12. The number of halogens is 3. The predicted molar refractivity (Wildman–Crippen MR) is 98.9 cm³/mol. The first kappa shape index (κ1) is 21.8. The van der Waals surface area contributed by atoms with Crippen LogP contribution in [0.3, 0.4) is 0 Å². The maximum Gasteiger partial charge on any atom is 0.416 e. The van der Waals surface area contributed by atoms with E-state index in [0.29, 0.717) is 25.9 Å². The van der Waals surface area contributed by atoms with Crippen molar-refractivity contribution in [3.63, 3.8) is 0 Å². The Morgan fingerprint density at radius 1 is 1.18 bits per heavy atom. The van der Waals surface area contributed by atoms with E-state index < -0.39 is 17.3 Å². The number of likely N-dealkylation sites (tertiary alicyclic amines) is 1. The molecular formula is C19H26F3N3O3. The molecule has 1 aromatic carbocycles. The zero-order chi connectivity index (χ0) is 20.9. The van der Waals surface area contributed by atoms with Gasteiger partial charge in [-0.05, 0) is 51.8 Å². The fourth-order valence-electron chi connectivity index (χ4n) is 2.80. The van der Waals surface area contributed by atoms with E-state index in [4.69, 9.17) is 4.74 Å². The molecule has 0 atom stereocenters. The second-order valence-corrected chi connectivity index (χ2v) is 7.74. The van der Waals surface area contributed by atoms with Gasteiger partial charge in [0.15, 0.2) is 0 Å². The van der Waals surface area contributed by atoms with Gasteiger partial charge in [-0.3, -0.25) is 4.79 Å². The summed E-state index contributed by atoms with van der Waals surface area (Å²) < 4.78 is 43.5. The third-order valence-electron chi connectivity index (χ3n) is 4.15. The zero-order valence-electron chi connectivity index (χ0n) is 16.2. The SMILES string of the molecule is CC(C)(C)OC(=O)N1CCC(NC(=O)CNc2cccc(C(F)(F)F)c2)CC1. The van der Waals surface area contributed by atoms with Crippen molar-refractivity contribution < 1.29 is 27.5 Å². The average Bonchev–Trinajstić information content (AvgIpc) is 2.58. The molecule has 9 heteroatoms. The van der Waals surface area contributed by atoms with Crippen LogP contribution >= 0.6 is 0 Å². The number of alkyl halides is 3. The molecule has 6 nitrogen and oxygen atoms in total. The first-order valence-electron chi connectivity index (χ1n) is 9.12. The Bertz CT molecular complexity index is 694. The van der Waals surface area contributed by atoms with E-state index in [1.807, 2.05) is 0 Å². The summed E-state index contributed by atoms with van der Waals surface area (Å²) >= 11 is 0. The lowest BCUT2D eigenvalue weighted by Crippen LogP contribution is -2.48. The summed E-state index contributed by atoms with van der Waals surface area (Å²) in [6.07, 6.45) is -3.62. The van der Waals surface area contributed by atoms with Crippen LogP contribution in [0.2, 0.25) is 0 Å². The first-order chi connectivity index (χ1) is 12.9. The van der Waals surface area contributed by atoms with Crippen LogP contribution in [-0.2, 0) is 15.7 Å². The second kappa shape index (κ2) is 8.70. The Morgan fingerprint density at radius 3 is 2.39 bits per heavy atom. The van der Waals surface area contributed by atoms with Crippen molar-refractivity contribution in [2.45, 2.75) is 51.4 Å². The largest absolute Gasteiger partial charge is 0.444 e. The highest BCUT2D eigenvalue weighted by Gasteiger charge is 2.30. The molecule has 1 heterocycles. The van der Waals surface area contributed by atoms with E-state index in [1.54, 1.807) is 25.7 Å². The van der Waals surface area contributed by atoms with Gasteiger partial charge in [-0.15, -0.1) is 0 Å². The van der Waals surface area contributed by atoms with E-state index in [0.717, 1.165) is 12.1 Å². The summed E-state index contributed by atoms with van der Waals surface area (Å²) in [5, 5.41) is 5.54. The number of nitrogens with one attached hydrogen (secondary N) is 2. The lowest BCUT2D eigenvalue weighted by Gasteiger charge is -2.33. The number of amides is 2. The van der Waals surface area contributed by atoms with E-state index in [2.05, 4.69) is 10.6 Å². The molecule has 2 rings (SSSR count). The molecule has 0 radical (unpaired) electrons. The Labute approximate surface area is 162 Å². The monoisotopic (exact) mass is 401 g/mol. The van der Waals surface area contributed by atoms with E-state index in [-0.39, 0.29) is 30.3 Å². The zero-order valence-corrected chi connectivity index (χ0v) is 16.2. The fraction of sp³-hybridized carbons (Fsp3) is 0.579. The number of piperidine rings is 1. The highest BCUT2D eigenvalue weighted by atomic mass is 19.4. The normalized spacial score (nSPS) is 15.9. The van der Waals surface area contributed by atoms with Crippen LogP contribution in [0.5, 0.6) is 0 Å². The molecule has 0 spiro atoms. The number of hydrogen-bond donors (Lipinski definition) is 2. The van der Waals surface area contributed by atoms with Gasteiger partial charge in [0.1, 0.15) is 5.60 Å². The van der Waals surface area contributed by atoms with Gasteiger partial charge < -0.3 is 20.3 Å². The van der Waals surface area contributed by atoms with Crippen LogP contribution in [0, 0.1) is 0 Å². The summed E-state index contributed by atoms with van der Waals surface area (Å²) in [5.74, 6) is -0.312. The van der Waals surface area contributed by atoms with Crippen LogP contribution in [0.15, 0.2) is 24.3 Å². The smallest absolute Gasteiger partial charge is 0.416 e. The van der Waals surface area contributed by atoms with Crippen molar-refractivity contribution in [2.24, 2.45) is 0 Å². The lowest BCUT2D eigenvalue weighted by molar-refractivity contribution is -0.137. The van der Waals surface area contributed by atoms with Gasteiger partial charge in [0.05, 0.1) is 12.1 Å². The van der Waals surface area contributed by atoms with Gasteiger partial charge in [0.25, 0.3) is 0 Å². The summed E-state index contributed by atoms with van der Waals surface area (Å²) in [7, 11) is 0. The minimum absolute atomic E-state index is 0.0884. The maximum absolute atomic E-state index is 12.7. The molecule has 1 aliphatic rings. The average molecular weight is 401 g/mol. The third kappa shape index (κ3) is 6.94. The highest BCUT2D eigenvalue weighted by molar-refractivity contribution is 5.81. The Kier molecular flexibility index (Phi) is 6.79. The van der Waals surface area contributed by atoms with Gasteiger partial charge in [0, 0.05) is 24.8 Å². The number of benzene rings is 1. The van der Waals surface area contributed by atoms with Gasteiger partial charge in [-0.1, -0.05) is 6.07 Å². The minimum atomic E-state index is -4.43. The topological polar surface area (TPSA) is 70.7 Å². The van der Waals surface area contributed by atoms with Gasteiger partial charge in [-0.25, -0.2) is 4.79 Å². The van der Waals surface area contributed by atoms with E-state index in [9.17, 15) is 22.8 Å². The van der Waals surface area contributed by atoms with Crippen LogP contribution in [0.1, 0.15) is 39.2 Å². The number of nitrogens with zero attached hydrogens (tertiary/aromatic N) is 1. The molecule has 1 fully saturated rings. The number of carbonyl (C=O) groups excluding carboxylic acids is 2. The highest BCUT2D eigenvalue weighted by Crippen LogP contribution is 2.30. The molecule has 0 aromatic heterocycles. The molecule has 0 unspecified atom stereocenters. The van der Waals surface area contributed by atoms with Crippen LogP contribution in [0.4, 0.5) is 23.7 Å². The van der Waals surface area contributed by atoms with Crippen molar-refractivity contribution >= 4 is 17.7 Å². The predicted octanol–water partition coefficient (Wildman–Crippen LogP) is 3.63. The molecular weight excluding hydrogens is 375 g/mol. The van der Waals surface area contributed by atoms with Crippen LogP contribution in [-0.4, -0.2) is 48.2 Å². The second-order valence-electron chi connectivity index (χ2n) is 7.74. The summed E-state index contributed by atoms with van der Waals surface area (Å²) in [6.45, 7) is 6.22. The van der Waals surface area contributed by atoms with E-state index in [1.165, 1.54) is 12.1 Å². The number of hydrogen-bond acceptors (Lipinski definition) is 4. The molecule has 2 amide bonds. The van der Waals surface area contributed by atoms with Crippen LogP contribution in [0.25, 0.3) is 0 Å². The fourth-order valence-corrected chi connectivity index (χ4v) is 2.80. The Hall–Kier alpha value is -2.45. The molecule has 1 aliphatic heterocycles. The standard InChI is InChI=1S/C19H26F3N3O3/c1-18(2,3)28-17(27)25-9-7-14(8-10-25)24-16(26)12-23-15-6-4-5-13(11-15)19(20,21)22/h4-6,11,14,23H,7-10,12H2,1-3H3,(H,24,26). The van der Waals surface area contributed by atoms with E-state index >= 15 is 0 Å². The quantitative estimate of drug-likeness (QED) is 0.808. The molecule has 0 aliphatic carbocycles. The van der Waals surface area contributed by atoms with Crippen molar-refractivity contribution in [1.82, 2.24) is 10.2 Å². The minimum Gasteiger partial charge on any atom is -0.444 e. The van der Waals surface area contributed by atoms with Gasteiger partial charge in [0.2, 0.25) is 5.91 Å². The third-order valence-corrected chi connectivity index (χ3v) is 4.15. The summed E-state index contributed by atoms with van der Waals surface area (Å²) in [4.78, 5) is 25.7. The maximum atomic E-state index is 12.7. The molecule has 2 N–H and O–H groups in total. The summed E-state index contributed by atoms with van der Waals surface area (Å²) in [6, 6.07) is 4.61. The van der Waals surface area contributed by atoms with Crippen LogP contribution < -0.4 is 10.6 Å². The molecule has 0 saturated carbocycles. The Morgan fingerprint density at radius 2 is 1.82 bits per heavy atom. The number of rotatable bonds is 4. The number of anilines is 1. The van der Waals surface area contributed by atoms with Crippen molar-refractivity contribution in [2.75, 3.05) is 25.0 Å². The van der Waals surface area contributed by atoms with Crippen molar-refractivity contribution in [1.29, 1.82) is 0 Å². The molecule has 156 valence electrons. The molecule has 0 bridgehead atoms. The molecule has 28 heavy (non-hydrogen) atoms. The number of ether oxygens (including phenoxy) is 1. The van der Waals surface area contributed by atoms with Gasteiger partial charge in [-0.2, -0.15) is 13.2 Å². The van der Waals surface area contributed by atoms with Gasteiger partial charge >= 0.3 is 12.3 Å².